The number of hydrogen-bond acceptors (Lipinski definition) is 2. The molecular formula is C13H20O2. The van der Waals surface area contributed by atoms with Gasteiger partial charge in [-0.1, -0.05) is 25.3 Å². The van der Waals surface area contributed by atoms with Gasteiger partial charge < -0.3 is 5.11 Å². The smallest absolute Gasteiger partial charge is 0.159 e. The number of allylic oxidation sites excluding steroid dienone is 1. The second-order valence-corrected chi connectivity index (χ2v) is 5.25. The van der Waals surface area contributed by atoms with Crippen molar-refractivity contribution in [2.24, 2.45) is 5.41 Å². The molecule has 2 aliphatic rings. The van der Waals surface area contributed by atoms with Gasteiger partial charge in [-0.05, 0) is 30.8 Å². The highest BCUT2D eigenvalue weighted by Gasteiger charge is 2.38. The normalized spacial score (nSPS) is 26.8. The van der Waals surface area contributed by atoms with E-state index in [4.69, 9.17) is 0 Å². The maximum atomic E-state index is 11.8. The lowest BCUT2D eigenvalue weighted by molar-refractivity contribution is -0.116. The molecule has 0 aromatic heterocycles. The molecule has 1 atom stereocenters. The second-order valence-electron chi connectivity index (χ2n) is 5.25. The van der Waals surface area contributed by atoms with Gasteiger partial charge in [-0.3, -0.25) is 4.79 Å². The molecule has 1 unspecified atom stereocenters. The molecule has 0 aromatic carbocycles. The Bertz CT molecular complexity index is 283. The lowest BCUT2D eigenvalue weighted by Gasteiger charge is -2.30. The van der Waals surface area contributed by atoms with Crippen LogP contribution in [0.4, 0.5) is 0 Å². The summed E-state index contributed by atoms with van der Waals surface area (Å²) < 4.78 is 0. The Kier molecular flexibility index (Phi) is 2.96. The SMILES string of the molecule is CC(O)CC1=CC2(CCCCC2)CC1=O. The first-order valence-electron chi connectivity index (χ1n) is 6.04. The Hall–Kier alpha value is -0.630. The van der Waals surface area contributed by atoms with Crippen LogP contribution in [0.15, 0.2) is 11.6 Å². The van der Waals surface area contributed by atoms with Gasteiger partial charge >= 0.3 is 0 Å². The second kappa shape index (κ2) is 4.09. The summed E-state index contributed by atoms with van der Waals surface area (Å²) in [6, 6.07) is 0. The maximum absolute atomic E-state index is 11.8. The number of Topliss-reactive ketones (excluding diaryl/α,β-unsaturated/α-hetero) is 1. The number of hydrogen-bond donors (Lipinski definition) is 1. The van der Waals surface area contributed by atoms with Crippen molar-refractivity contribution in [1.29, 1.82) is 0 Å². The Morgan fingerprint density at radius 1 is 1.40 bits per heavy atom. The molecule has 2 heteroatoms. The number of carbonyl (C=O) groups excluding carboxylic acids is 1. The molecule has 84 valence electrons. The molecule has 0 heterocycles. The van der Waals surface area contributed by atoms with Crippen molar-refractivity contribution in [3.63, 3.8) is 0 Å². The minimum atomic E-state index is -0.390. The minimum absolute atomic E-state index is 0.180. The van der Waals surface area contributed by atoms with Crippen LogP contribution in [0.5, 0.6) is 0 Å². The number of ketones is 1. The molecule has 2 aliphatic carbocycles. The molecule has 15 heavy (non-hydrogen) atoms. The zero-order valence-electron chi connectivity index (χ0n) is 9.46. The number of rotatable bonds is 2. The van der Waals surface area contributed by atoms with Gasteiger partial charge in [0, 0.05) is 12.8 Å². The predicted molar refractivity (Wildman–Crippen MR) is 59.5 cm³/mol. The van der Waals surface area contributed by atoms with E-state index in [1.54, 1.807) is 6.92 Å². The van der Waals surface area contributed by atoms with E-state index in [1.165, 1.54) is 32.1 Å². The average molecular weight is 208 g/mol. The zero-order valence-corrected chi connectivity index (χ0v) is 9.46. The van der Waals surface area contributed by atoms with Gasteiger partial charge in [0.1, 0.15) is 0 Å². The Morgan fingerprint density at radius 3 is 2.67 bits per heavy atom. The van der Waals surface area contributed by atoms with E-state index in [0.29, 0.717) is 12.8 Å². The van der Waals surface area contributed by atoms with E-state index < -0.39 is 0 Å². The average Bonchev–Trinajstić information content (AvgIpc) is 2.43. The van der Waals surface area contributed by atoms with Crippen LogP contribution in [-0.4, -0.2) is 17.0 Å². The van der Waals surface area contributed by atoms with Crippen LogP contribution in [0.1, 0.15) is 51.9 Å². The first kappa shape index (κ1) is 10.9. The van der Waals surface area contributed by atoms with E-state index in [1.807, 2.05) is 0 Å². The van der Waals surface area contributed by atoms with Crippen molar-refractivity contribution in [2.75, 3.05) is 0 Å². The van der Waals surface area contributed by atoms with Gasteiger partial charge in [0.05, 0.1) is 6.10 Å². The van der Waals surface area contributed by atoms with Crippen LogP contribution in [0, 0.1) is 5.41 Å². The largest absolute Gasteiger partial charge is 0.393 e. The third-order valence-corrected chi connectivity index (χ3v) is 3.72. The van der Waals surface area contributed by atoms with Gasteiger partial charge in [0.15, 0.2) is 5.78 Å². The number of aliphatic hydroxyl groups excluding tert-OH is 1. The van der Waals surface area contributed by atoms with Crippen molar-refractivity contribution < 1.29 is 9.90 Å². The van der Waals surface area contributed by atoms with Crippen LogP contribution in [0.3, 0.4) is 0 Å². The van der Waals surface area contributed by atoms with Crippen molar-refractivity contribution >= 4 is 5.78 Å². The molecule has 0 aliphatic heterocycles. The third kappa shape index (κ3) is 2.31. The fraction of sp³-hybridized carbons (Fsp3) is 0.769. The maximum Gasteiger partial charge on any atom is 0.159 e. The van der Waals surface area contributed by atoms with Gasteiger partial charge in [0.25, 0.3) is 0 Å². The zero-order chi connectivity index (χ0) is 10.9. The number of aliphatic hydroxyl groups is 1. The predicted octanol–water partition coefficient (Wildman–Crippen LogP) is 2.61. The highest BCUT2D eigenvalue weighted by Crippen LogP contribution is 2.46. The molecule has 1 saturated carbocycles. The van der Waals surface area contributed by atoms with Crippen molar-refractivity contribution in [2.45, 2.75) is 58.0 Å². The molecule has 1 spiro atoms. The van der Waals surface area contributed by atoms with Gasteiger partial charge in [0.2, 0.25) is 0 Å². The fourth-order valence-corrected chi connectivity index (χ4v) is 3.00. The van der Waals surface area contributed by atoms with E-state index in [0.717, 1.165) is 5.57 Å². The Balaban J connectivity index is 2.11. The molecule has 0 bridgehead atoms. The molecule has 0 amide bonds. The Labute approximate surface area is 91.4 Å². The van der Waals surface area contributed by atoms with Gasteiger partial charge in [-0.15, -0.1) is 0 Å². The molecule has 1 N–H and O–H groups in total. The molecule has 2 nitrogen and oxygen atoms in total. The lowest BCUT2D eigenvalue weighted by atomic mass is 9.74. The monoisotopic (exact) mass is 208 g/mol. The van der Waals surface area contributed by atoms with Crippen LogP contribution < -0.4 is 0 Å². The molecule has 0 saturated heterocycles. The summed E-state index contributed by atoms with van der Waals surface area (Å²) in [5.41, 5.74) is 1.06. The highest BCUT2D eigenvalue weighted by molar-refractivity contribution is 5.98. The third-order valence-electron chi connectivity index (χ3n) is 3.72. The highest BCUT2D eigenvalue weighted by atomic mass is 16.3. The van der Waals surface area contributed by atoms with Gasteiger partial charge in [-0.25, -0.2) is 0 Å². The summed E-state index contributed by atoms with van der Waals surface area (Å²) in [5.74, 6) is 0.276. The molecule has 0 aromatic rings. The van der Waals surface area contributed by atoms with Crippen molar-refractivity contribution in [3.05, 3.63) is 11.6 Å². The first-order chi connectivity index (χ1) is 7.11. The van der Waals surface area contributed by atoms with E-state index in [9.17, 15) is 9.90 Å². The summed E-state index contributed by atoms with van der Waals surface area (Å²) in [6.07, 6.45) is 9.20. The molecular weight excluding hydrogens is 188 g/mol. The quantitative estimate of drug-likeness (QED) is 0.757. The van der Waals surface area contributed by atoms with Gasteiger partial charge in [-0.2, -0.15) is 0 Å². The molecule has 1 fully saturated rings. The fourth-order valence-electron chi connectivity index (χ4n) is 3.00. The van der Waals surface area contributed by atoms with E-state index >= 15 is 0 Å². The molecule has 0 radical (unpaired) electrons. The summed E-state index contributed by atoms with van der Waals surface area (Å²) >= 11 is 0. The minimum Gasteiger partial charge on any atom is -0.393 e. The van der Waals surface area contributed by atoms with E-state index in [2.05, 4.69) is 6.08 Å². The molecule has 2 rings (SSSR count). The van der Waals surface area contributed by atoms with Crippen LogP contribution in [0.25, 0.3) is 0 Å². The number of carbonyl (C=O) groups is 1. The summed E-state index contributed by atoms with van der Waals surface area (Å²) in [6.45, 7) is 1.75. The summed E-state index contributed by atoms with van der Waals surface area (Å²) in [5, 5.41) is 9.32. The van der Waals surface area contributed by atoms with E-state index in [-0.39, 0.29) is 17.3 Å². The standard InChI is InChI=1S/C13H20O2/c1-10(14)7-11-8-13(9-12(11)15)5-3-2-4-6-13/h8,10,14H,2-7,9H2,1H3. The topological polar surface area (TPSA) is 37.3 Å². The van der Waals surface area contributed by atoms with Crippen molar-refractivity contribution in [3.8, 4) is 0 Å². The van der Waals surface area contributed by atoms with Crippen LogP contribution in [0.2, 0.25) is 0 Å². The lowest BCUT2D eigenvalue weighted by Crippen LogP contribution is -2.20. The summed E-state index contributed by atoms with van der Waals surface area (Å²) in [7, 11) is 0. The van der Waals surface area contributed by atoms with Crippen LogP contribution in [-0.2, 0) is 4.79 Å². The Morgan fingerprint density at radius 2 is 2.07 bits per heavy atom. The van der Waals surface area contributed by atoms with Crippen molar-refractivity contribution in [1.82, 2.24) is 0 Å². The first-order valence-corrected chi connectivity index (χ1v) is 6.04. The van der Waals surface area contributed by atoms with Crippen LogP contribution >= 0.6 is 0 Å². The summed E-state index contributed by atoms with van der Waals surface area (Å²) in [4.78, 5) is 11.8.